The molecule has 0 aliphatic carbocycles. The lowest BCUT2D eigenvalue weighted by Gasteiger charge is -2.12. The van der Waals surface area contributed by atoms with E-state index in [9.17, 15) is 4.79 Å². The topological polar surface area (TPSA) is 17.1 Å². The fourth-order valence-corrected chi connectivity index (χ4v) is 3.01. The SMILES string of the molecule is Cc1ccc(CC(Br)C(=O)C(C)C)c(Br)c1. The third-order valence-electron chi connectivity index (χ3n) is 2.49. The second kappa shape index (κ2) is 5.97. The van der Waals surface area contributed by atoms with E-state index in [1.807, 2.05) is 13.8 Å². The molecule has 3 heteroatoms. The zero-order valence-electron chi connectivity index (χ0n) is 9.76. The van der Waals surface area contributed by atoms with E-state index >= 15 is 0 Å². The van der Waals surface area contributed by atoms with Crippen LogP contribution in [0.4, 0.5) is 0 Å². The predicted molar refractivity (Wildman–Crippen MR) is 75.1 cm³/mol. The first-order chi connectivity index (χ1) is 7.41. The summed E-state index contributed by atoms with van der Waals surface area (Å²) in [5, 5.41) is 0. The lowest BCUT2D eigenvalue weighted by atomic mass is 10.0. The highest BCUT2D eigenvalue weighted by atomic mass is 79.9. The highest BCUT2D eigenvalue weighted by molar-refractivity contribution is 9.10. The molecule has 1 atom stereocenters. The number of carbonyl (C=O) groups excluding carboxylic acids is 1. The summed E-state index contributed by atoms with van der Waals surface area (Å²) < 4.78 is 1.08. The molecule has 0 saturated carbocycles. The van der Waals surface area contributed by atoms with Gasteiger partial charge in [0.05, 0.1) is 4.83 Å². The number of aryl methyl sites for hydroxylation is 1. The molecule has 0 aliphatic rings. The Balaban J connectivity index is 2.77. The molecule has 0 N–H and O–H groups in total. The number of hydrogen-bond acceptors (Lipinski definition) is 1. The van der Waals surface area contributed by atoms with Crippen molar-refractivity contribution in [2.24, 2.45) is 5.92 Å². The summed E-state index contributed by atoms with van der Waals surface area (Å²) in [6.45, 7) is 5.92. The Bertz CT molecular complexity index is 386. The van der Waals surface area contributed by atoms with Gasteiger partial charge in [-0.2, -0.15) is 0 Å². The number of benzene rings is 1. The maximum Gasteiger partial charge on any atom is 0.149 e. The number of ketones is 1. The Morgan fingerprint density at radius 2 is 2.00 bits per heavy atom. The molecule has 0 radical (unpaired) electrons. The molecule has 1 unspecified atom stereocenters. The molecule has 0 spiro atoms. The minimum atomic E-state index is -0.0912. The predicted octanol–water partition coefficient (Wildman–Crippen LogP) is 4.29. The van der Waals surface area contributed by atoms with Gasteiger partial charge in [0.1, 0.15) is 5.78 Å². The van der Waals surface area contributed by atoms with E-state index in [1.165, 1.54) is 11.1 Å². The van der Waals surface area contributed by atoms with Crippen molar-refractivity contribution in [2.45, 2.75) is 32.0 Å². The van der Waals surface area contributed by atoms with Crippen molar-refractivity contribution in [1.29, 1.82) is 0 Å². The average molecular weight is 348 g/mol. The van der Waals surface area contributed by atoms with Gasteiger partial charge in [0.25, 0.3) is 0 Å². The van der Waals surface area contributed by atoms with E-state index in [0.717, 1.165) is 10.9 Å². The van der Waals surface area contributed by atoms with Crippen molar-refractivity contribution in [3.8, 4) is 0 Å². The zero-order valence-corrected chi connectivity index (χ0v) is 12.9. The van der Waals surface area contributed by atoms with Crippen LogP contribution in [0.1, 0.15) is 25.0 Å². The minimum absolute atomic E-state index is 0.0774. The molecule has 1 rings (SSSR count). The molecule has 0 bridgehead atoms. The van der Waals surface area contributed by atoms with E-state index in [2.05, 4.69) is 57.0 Å². The van der Waals surface area contributed by atoms with Crippen LogP contribution in [0, 0.1) is 12.8 Å². The van der Waals surface area contributed by atoms with E-state index in [1.54, 1.807) is 0 Å². The third-order valence-corrected chi connectivity index (χ3v) is 4.00. The van der Waals surface area contributed by atoms with Crippen molar-refractivity contribution >= 4 is 37.6 Å². The highest BCUT2D eigenvalue weighted by Gasteiger charge is 2.19. The maximum atomic E-state index is 11.8. The fraction of sp³-hybridized carbons (Fsp3) is 0.462. The normalized spacial score (nSPS) is 12.9. The van der Waals surface area contributed by atoms with Crippen LogP contribution in [0.25, 0.3) is 0 Å². The van der Waals surface area contributed by atoms with Crippen molar-refractivity contribution in [1.82, 2.24) is 0 Å². The molecular weight excluding hydrogens is 332 g/mol. The van der Waals surface area contributed by atoms with Crippen LogP contribution in [0.5, 0.6) is 0 Å². The Labute approximate surface area is 114 Å². The molecule has 0 fully saturated rings. The van der Waals surface area contributed by atoms with Gasteiger partial charge >= 0.3 is 0 Å². The number of rotatable bonds is 4. The van der Waals surface area contributed by atoms with Crippen LogP contribution in [-0.2, 0) is 11.2 Å². The van der Waals surface area contributed by atoms with Crippen molar-refractivity contribution in [2.75, 3.05) is 0 Å². The first kappa shape index (κ1) is 13.9. The lowest BCUT2D eigenvalue weighted by molar-refractivity contribution is -0.121. The second-order valence-electron chi connectivity index (χ2n) is 4.32. The summed E-state index contributed by atoms with van der Waals surface area (Å²) in [5.74, 6) is 0.334. The number of Topliss-reactive ketones (excluding diaryl/α,β-unsaturated/α-hetero) is 1. The van der Waals surface area contributed by atoms with E-state index in [0.29, 0.717) is 0 Å². The van der Waals surface area contributed by atoms with Gasteiger partial charge in [-0.1, -0.05) is 57.8 Å². The fourth-order valence-electron chi connectivity index (χ4n) is 1.47. The van der Waals surface area contributed by atoms with Gasteiger partial charge in [0, 0.05) is 10.4 Å². The molecule has 0 amide bonds. The van der Waals surface area contributed by atoms with Gasteiger partial charge in [-0.15, -0.1) is 0 Å². The first-order valence-electron chi connectivity index (χ1n) is 5.34. The average Bonchev–Trinajstić information content (AvgIpc) is 2.20. The van der Waals surface area contributed by atoms with E-state index in [4.69, 9.17) is 0 Å². The van der Waals surface area contributed by atoms with E-state index < -0.39 is 0 Å². The van der Waals surface area contributed by atoms with Crippen LogP contribution in [0.2, 0.25) is 0 Å². The van der Waals surface area contributed by atoms with Gasteiger partial charge in [0.15, 0.2) is 0 Å². The molecule has 16 heavy (non-hydrogen) atoms. The summed E-state index contributed by atoms with van der Waals surface area (Å²) in [7, 11) is 0. The van der Waals surface area contributed by atoms with Gasteiger partial charge in [-0.25, -0.2) is 0 Å². The minimum Gasteiger partial charge on any atom is -0.298 e. The standard InChI is InChI=1S/C13H16Br2O/c1-8(2)13(16)12(15)7-10-5-4-9(3)6-11(10)14/h4-6,8,12H,7H2,1-3H3. The largest absolute Gasteiger partial charge is 0.298 e. The Hall–Kier alpha value is -0.150. The van der Waals surface area contributed by atoms with Crippen LogP contribution >= 0.6 is 31.9 Å². The summed E-state index contributed by atoms with van der Waals surface area (Å²) in [4.78, 5) is 11.7. The van der Waals surface area contributed by atoms with Crippen LogP contribution < -0.4 is 0 Å². The second-order valence-corrected chi connectivity index (χ2v) is 6.28. The monoisotopic (exact) mass is 346 g/mol. The lowest BCUT2D eigenvalue weighted by Crippen LogP contribution is -2.21. The van der Waals surface area contributed by atoms with Gasteiger partial charge in [0.2, 0.25) is 0 Å². The smallest absolute Gasteiger partial charge is 0.149 e. The molecule has 1 aromatic rings. The van der Waals surface area contributed by atoms with Crippen LogP contribution in [-0.4, -0.2) is 10.6 Å². The highest BCUT2D eigenvalue weighted by Crippen LogP contribution is 2.23. The van der Waals surface area contributed by atoms with Gasteiger partial charge in [-0.05, 0) is 30.5 Å². The maximum absolute atomic E-state index is 11.8. The molecular formula is C13H16Br2O. The third kappa shape index (κ3) is 3.70. The quantitative estimate of drug-likeness (QED) is 0.742. The van der Waals surface area contributed by atoms with Crippen molar-refractivity contribution in [3.05, 3.63) is 33.8 Å². The number of carbonyl (C=O) groups is 1. The molecule has 0 heterocycles. The summed E-state index contributed by atoms with van der Waals surface area (Å²) in [6.07, 6.45) is 0.734. The number of alkyl halides is 1. The Morgan fingerprint density at radius 3 is 2.50 bits per heavy atom. The summed E-state index contributed by atoms with van der Waals surface area (Å²) >= 11 is 6.99. The van der Waals surface area contributed by atoms with Gasteiger partial charge in [-0.3, -0.25) is 4.79 Å². The van der Waals surface area contributed by atoms with Crippen molar-refractivity contribution in [3.63, 3.8) is 0 Å². The summed E-state index contributed by atoms with van der Waals surface area (Å²) in [6, 6.07) is 6.22. The Morgan fingerprint density at radius 1 is 1.38 bits per heavy atom. The molecule has 88 valence electrons. The molecule has 0 aliphatic heterocycles. The van der Waals surface area contributed by atoms with Crippen molar-refractivity contribution < 1.29 is 4.79 Å². The van der Waals surface area contributed by atoms with E-state index in [-0.39, 0.29) is 16.5 Å². The van der Waals surface area contributed by atoms with Crippen LogP contribution in [0.3, 0.4) is 0 Å². The summed E-state index contributed by atoms with van der Waals surface area (Å²) in [5.41, 5.74) is 2.39. The first-order valence-corrected chi connectivity index (χ1v) is 7.05. The van der Waals surface area contributed by atoms with Crippen LogP contribution in [0.15, 0.2) is 22.7 Å². The molecule has 0 aromatic heterocycles. The zero-order chi connectivity index (χ0) is 12.3. The Kier molecular flexibility index (Phi) is 5.19. The number of hydrogen-bond donors (Lipinski definition) is 0. The molecule has 1 nitrogen and oxygen atoms in total. The molecule has 0 saturated heterocycles. The number of halogens is 2. The molecule has 1 aromatic carbocycles. The van der Waals surface area contributed by atoms with Gasteiger partial charge < -0.3 is 0 Å².